The second-order valence-electron chi connectivity index (χ2n) is 4.74. The lowest BCUT2D eigenvalue weighted by Crippen LogP contribution is -1.94. The molecule has 0 fully saturated rings. The van der Waals surface area contributed by atoms with Crippen molar-refractivity contribution in [1.82, 2.24) is 9.97 Å². The Bertz CT molecular complexity index is 806. The van der Waals surface area contributed by atoms with Gasteiger partial charge in [0.05, 0.1) is 17.8 Å². The molecular weight excluding hydrogens is 298 g/mol. The normalized spacial score (nSPS) is 10.5. The van der Waals surface area contributed by atoms with Crippen molar-refractivity contribution in [2.75, 3.05) is 12.8 Å². The van der Waals surface area contributed by atoms with Crippen molar-refractivity contribution >= 4 is 17.3 Å². The van der Waals surface area contributed by atoms with Crippen molar-refractivity contribution in [3.8, 4) is 28.1 Å². The molecule has 0 atom stereocenters. The molecule has 22 heavy (non-hydrogen) atoms. The number of rotatable bonds is 3. The molecule has 2 aromatic heterocycles. The Labute approximate surface area is 133 Å². The molecule has 0 unspecified atom stereocenters. The monoisotopic (exact) mass is 311 g/mol. The quantitative estimate of drug-likeness (QED) is 0.741. The first-order chi connectivity index (χ1) is 10.7. The van der Waals surface area contributed by atoms with E-state index >= 15 is 0 Å². The number of halogens is 1. The number of benzene rings is 1. The minimum atomic E-state index is 0.535. The Morgan fingerprint density at radius 3 is 2.68 bits per heavy atom. The first kappa shape index (κ1) is 14.4. The van der Waals surface area contributed by atoms with Gasteiger partial charge in [0.25, 0.3) is 0 Å². The van der Waals surface area contributed by atoms with E-state index in [9.17, 15) is 0 Å². The van der Waals surface area contributed by atoms with E-state index in [1.54, 1.807) is 31.8 Å². The Hall–Kier alpha value is -2.59. The van der Waals surface area contributed by atoms with Gasteiger partial charge in [0, 0.05) is 41.0 Å². The molecule has 5 heteroatoms. The summed E-state index contributed by atoms with van der Waals surface area (Å²) in [5.41, 5.74) is 10.1. The zero-order valence-corrected chi connectivity index (χ0v) is 12.7. The number of aromatic nitrogens is 2. The number of pyridine rings is 2. The fourth-order valence-corrected chi connectivity index (χ4v) is 2.42. The summed E-state index contributed by atoms with van der Waals surface area (Å²) in [6, 6.07) is 11.2. The van der Waals surface area contributed by atoms with E-state index < -0.39 is 0 Å². The number of nitrogen functional groups attached to an aromatic ring is 1. The second-order valence-corrected chi connectivity index (χ2v) is 5.15. The van der Waals surface area contributed by atoms with Crippen LogP contribution in [0.15, 0.2) is 55.0 Å². The number of hydrogen-bond donors (Lipinski definition) is 1. The molecule has 3 rings (SSSR count). The molecule has 1 aromatic carbocycles. The van der Waals surface area contributed by atoms with E-state index in [4.69, 9.17) is 22.1 Å². The number of hydrogen-bond acceptors (Lipinski definition) is 4. The van der Waals surface area contributed by atoms with Gasteiger partial charge in [-0.15, -0.1) is 0 Å². The molecule has 0 spiro atoms. The fraction of sp³-hybridized carbons (Fsp3) is 0.0588. The summed E-state index contributed by atoms with van der Waals surface area (Å²) in [4.78, 5) is 8.48. The van der Waals surface area contributed by atoms with Crippen LogP contribution in [0.4, 0.5) is 5.69 Å². The lowest BCUT2D eigenvalue weighted by atomic mass is 10.0. The Kier molecular flexibility index (Phi) is 3.94. The summed E-state index contributed by atoms with van der Waals surface area (Å²) in [6.07, 6.45) is 5.10. The number of nitrogens with two attached hydrogens (primary N) is 1. The lowest BCUT2D eigenvalue weighted by Gasteiger charge is -2.11. The summed E-state index contributed by atoms with van der Waals surface area (Å²) < 4.78 is 5.26. The van der Waals surface area contributed by atoms with Gasteiger partial charge in [-0.3, -0.25) is 9.97 Å². The number of nitrogens with zero attached hydrogens (tertiary/aromatic N) is 2. The predicted octanol–water partition coefficient (Wildman–Crippen LogP) is 4.05. The third kappa shape index (κ3) is 2.73. The average molecular weight is 312 g/mol. The van der Waals surface area contributed by atoms with Crippen LogP contribution in [0.1, 0.15) is 0 Å². The van der Waals surface area contributed by atoms with Gasteiger partial charge in [0.2, 0.25) is 0 Å². The van der Waals surface area contributed by atoms with Gasteiger partial charge < -0.3 is 10.5 Å². The predicted molar refractivity (Wildman–Crippen MR) is 88.9 cm³/mol. The van der Waals surface area contributed by atoms with Crippen LogP contribution in [-0.4, -0.2) is 17.1 Å². The third-order valence-electron chi connectivity index (χ3n) is 3.36. The molecule has 2 heterocycles. The highest BCUT2D eigenvalue weighted by molar-refractivity contribution is 6.33. The van der Waals surface area contributed by atoms with Gasteiger partial charge in [-0.25, -0.2) is 0 Å². The maximum Gasteiger partial charge on any atom is 0.119 e. The van der Waals surface area contributed by atoms with Gasteiger partial charge in [-0.1, -0.05) is 11.6 Å². The largest absolute Gasteiger partial charge is 0.497 e. The first-order valence-electron chi connectivity index (χ1n) is 6.69. The minimum Gasteiger partial charge on any atom is -0.497 e. The Morgan fingerprint density at radius 2 is 1.95 bits per heavy atom. The molecule has 0 saturated heterocycles. The highest BCUT2D eigenvalue weighted by Gasteiger charge is 2.11. The number of methoxy groups -OCH3 is 1. The molecule has 2 N–H and O–H groups in total. The van der Waals surface area contributed by atoms with Gasteiger partial charge in [-0.05, 0) is 36.4 Å². The summed E-state index contributed by atoms with van der Waals surface area (Å²) in [5, 5.41) is 0.535. The van der Waals surface area contributed by atoms with Crippen LogP contribution < -0.4 is 10.5 Å². The molecule has 0 radical (unpaired) electrons. The van der Waals surface area contributed by atoms with E-state index in [0.29, 0.717) is 10.7 Å². The third-order valence-corrected chi connectivity index (χ3v) is 3.66. The molecule has 3 aromatic rings. The summed E-state index contributed by atoms with van der Waals surface area (Å²) >= 11 is 6.31. The lowest BCUT2D eigenvalue weighted by molar-refractivity contribution is 0.415. The second kappa shape index (κ2) is 6.03. The molecule has 0 aliphatic heterocycles. The van der Waals surface area contributed by atoms with Crippen molar-refractivity contribution in [3.63, 3.8) is 0 Å². The Balaban J connectivity index is 2.15. The molecule has 0 aliphatic rings. The van der Waals surface area contributed by atoms with E-state index in [0.717, 1.165) is 28.1 Å². The van der Waals surface area contributed by atoms with Crippen LogP contribution in [-0.2, 0) is 0 Å². The van der Waals surface area contributed by atoms with Crippen LogP contribution in [0.3, 0.4) is 0 Å². The molecule has 0 amide bonds. The van der Waals surface area contributed by atoms with Gasteiger partial charge in [0.15, 0.2) is 0 Å². The van der Waals surface area contributed by atoms with Gasteiger partial charge >= 0.3 is 0 Å². The van der Waals surface area contributed by atoms with E-state index in [-0.39, 0.29) is 0 Å². The Morgan fingerprint density at radius 1 is 1.09 bits per heavy atom. The maximum atomic E-state index is 6.31. The topological polar surface area (TPSA) is 61.0 Å². The summed E-state index contributed by atoms with van der Waals surface area (Å²) in [6.45, 7) is 0. The maximum absolute atomic E-state index is 6.31. The standard InChI is InChI=1S/C17H14ClN3O/c1-22-12-4-5-16(19)14(7-12)13-8-17(21-10-15(13)18)11-3-2-6-20-9-11/h2-10H,19H2,1H3. The van der Waals surface area contributed by atoms with E-state index in [1.165, 1.54) is 0 Å². The minimum absolute atomic E-state index is 0.535. The first-order valence-corrected chi connectivity index (χ1v) is 7.06. The van der Waals surface area contributed by atoms with Crippen LogP contribution in [0.5, 0.6) is 5.75 Å². The SMILES string of the molecule is COc1ccc(N)c(-c2cc(-c3cccnc3)ncc2Cl)c1. The molecule has 0 bridgehead atoms. The van der Waals surface area contributed by atoms with Crippen molar-refractivity contribution in [1.29, 1.82) is 0 Å². The molecule has 0 saturated carbocycles. The molecule has 4 nitrogen and oxygen atoms in total. The van der Waals surface area contributed by atoms with Crippen LogP contribution in [0.25, 0.3) is 22.4 Å². The zero-order valence-electron chi connectivity index (χ0n) is 12.0. The number of anilines is 1. The number of ether oxygens (including phenoxy) is 1. The van der Waals surface area contributed by atoms with Crippen LogP contribution >= 0.6 is 11.6 Å². The van der Waals surface area contributed by atoms with Gasteiger partial charge in [-0.2, -0.15) is 0 Å². The van der Waals surface area contributed by atoms with E-state index in [2.05, 4.69) is 9.97 Å². The molecule has 110 valence electrons. The summed E-state index contributed by atoms with van der Waals surface area (Å²) in [5.74, 6) is 0.722. The highest BCUT2D eigenvalue weighted by Crippen LogP contribution is 2.36. The molecule has 0 aliphatic carbocycles. The average Bonchev–Trinajstić information content (AvgIpc) is 2.57. The molecular formula is C17H14ClN3O. The fourth-order valence-electron chi connectivity index (χ4n) is 2.21. The van der Waals surface area contributed by atoms with Crippen LogP contribution in [0, 0.1) is 0 Å². The van der Waals surface area contributed by atoms with Crippen molar-refractivity contribution in [3.05, 3.63) is 60.0 Å². The van der Waals surface area contributed by atoms with Crippen molar-refractivity contribution < 1.29 is 4.74 Å². The zero-order chi connectivity index (χ0) is 15.5. The smallest absolute Gasteiger partial charge is 0.119 e. The van der Waals surface area contributed by atoms with Crippen LogP contribution in [0.2, 0.25) is 5.02 Å². The summed E-state index contributed by atoms with van der Waals surface area (Å²) in [7, 11) is 1.62. The van der Waals surface area contributed by atoms with E-state index in [1.807, 2.05) is 30.3 Å². The van der Waals surface area contributed by atoms with Crippen molar-refractivity contribution in [2.45, 2.75) is 0 Å². The van der Waals surface area contributed by atoms with Gasteiger partial charge in [0.1, 0.15) is 5.75 Å². The van der Waals surface area contributed by atoms with Crippen molar-refractivity contribution in [2.24, 2.45) is 0 Å². The highest BCUT2D eigenvalue weighted by atomic mass is 35.5.